The van der Waals surface area contributed by atoms with Crippen LogP contribution in [0.4, 0.5) is 5.69 Å². The van der Waals surface area contributed by atoms with Gasteiger partial charge in [0.05, 0.1) is 5.69 Å². The van der Waals surface area contributed by atoms with Crippen molar-refractivity contribution < 1.29 is 4.42 Å². The largest absolute Gasteiger partial charge is 0.441 e. The second kappa shape index (κ2) is 4.55. The Balaban J connectivity index is 2.26. The molecule has 2 rings (SSSR count). The maximum Gasteiger partial charge on any atom is 0.226 e. The molecular weight excluding hydrogens is 234 g/mol. The lowest BCUT2D eigenvalue weighted by molar-refractivity contribution is 0.541. The summed E-state index contributed by atoms with van der Waals surface area (Å²) in [6.45, 7) is 3.82. The van der Waals surface area contributed by atoms with Gasteiger partial charge in [0.1, 0.15) is 5.76 Å². The molecule has 3 N–H and O–H groups in total. The molecule has 0 saturated heterocycles. The molecule has 0 aliphatic rings. The van der Waals surface area contributed by atoms with E-state index in [4.69, 9.17) is 22.4 Å². The summed E-state index contributed by atoms with van der Waals surface area (Å²) in [6, 6.07) is 7.57. The molecule has 0 fully saturated rings. The molecule has 0 saturated carbocycles. The molecule has 4 nitrogen and oxygen atoms in total. The maximum atomic E-state index is 5.54. The summed E-state index contributed by atoms with van der Waals surface area (Å²) in [7, 11) is 0. The van der Waals surface area contributed by atoms with E-state index < -0.39 is 0 Å². The van der Waals surface area contributed by atoms with Crippen LogP contribution in [0.2, 0.25) is 0 Å². The van der Waals surface area contributed by atoms with Gasteiger partial charge in [-0.25, -0.2) is 4.98 Å². The fourth-order valence-electron chi connectivity index (χ4n) is 1.43. The number of aryl methyl sites for hydroxylation is 2. The highest BCUT2D eigenvalue weighted by atomic mass is 32.1. The zero-order chi connectivity index (χ0) is 12.4. The van der Waals surface area contributed by atoms with Crippen molar-refractivity contribution in [2.45, 2.75) is 13.8 Å². The molecule has 1 aromatic carbocycles. The number of nitrogens with two attached hydrogens (primary N) is 1. The number of rotatable bonds is 2. The van der Waals surface area contributed by atoms with Crippen molar-refractivity contribution in [1.29, 1.82) is 0 Å². The first kappa shape index (κ1) is 11.6. The summed E-state index contributed by atoms with van der Waals surface area (Å²) in [5.74, 6) is 1.47. The Morgan fingerprint density at radius 3 is 2.41 bits per heavy atom. The second-order valence-corrected chi connectivity index (χ2v) is 4.17. The van der Waals surface area contributed by atoms with Crippen molar-refractivity contribution in [1.82, 2.24) is 4.98 Å². The lowest BCUT2D eigenvalue weighted by atomic mass is 10.2. The van der Waals surface area contributed by atoms with Crippen LogP contribution in [0.1, 0.15) is 11.5 Å². The Bertz CT molecular complexity index is 526. The number of aromatic nitrogens is 1. The first-order valence-corrected chi connectivity index (χ1v) is 5.58. The van der Waals surface area contributed by atoms with Gasteiger partial charge in [0.25, 0.3) is 0 Å². The standard InChI is InChI=1S/C12H13N3OS/c1-7-8(2)16-11(14-7)9-3-5-10(6-4-9)15-12(13)17/h3-6H,1-2H3,(H3,13,15,17). The number of anilines is 1. The molecule has 0 atom stereocenters. The van der Waals surface area contributed by atoms with E-state index in [0.29, 0.717) is 5.89 Å². The molecule has 2 aromatic rings. The monoisotopic (exact) mass is 247 g/mol. The minimum atomic E-state index is 0.251. The van der Waals surface area contributed by atoms with Gasteiger partial charge in [-0.05, 0) is 50.3 Å². The summed E-state index contributed by atoms with van der Waals surface area (Å²) < 4.78 is 5.54. The van der Waals surface area contributed by atoms with Crippen LogP contribution >= 0.6 is 12.2 Å². The third-order valence-corrected chi connectivity index (χ3v) is 2.53. The van der Waals surface area contributed by atoms with Gasteiger partial charge in [0, 0.05) is 11.3 Å². The molecule has 0 radical (unpaired) electrons. The van der Waals surface area contributed by atoms with Crippen LogP contribution in [0.25, 0.3) is 11.5 Å². The van der Waals surface area contributed by atoms with Crippen LogP contribution in [0.15, 0.2) is 28.7 Å². The summed E-state index contributed by atoms with van der Waals surface area (Å²) in [6.07, 6.45) is 0. The number of nitrogens with one attached hydrogen (secondary N) is 1. The predicted octanol–water partition coefficient (Wildman–Crippen LogP) is 2.61. The third kappa shape index (κ3) is 2.62. The third-order valence-electron chi connectivity index (χ3n) is 2.43. The van der Waals surface area contributed by atoms with Crippen molar-refractivity contribution in [3.05, 3.63) is 35.7 Å². The van der Waals surface area contributed by atoms with Crippen LogP contribution in [0, 0.1) is 13.8 Å². The summed E-state index contributed by atoms with van der Waals surface area (Å²) in [5, 5.41) is 3.11. The SMILES string of the molecule is Cc1nc(-c2ccc(NC(N)=S)cc2)oc1C. The maximum absolute atomic E-state index is 5.54. The van der Waals surface area contributed by atoms with E-state index in [9.17, 15) is 0 Å². The van der Waals surface area contributed by atoms with Crippen molar-refractivity contribution in [2.24, 2.45) is 5.73 Å². The minimum Gasteiger partial charge on any atom is -0.441 e. The van der Waals surface area contributed by atoms with Gasteiger partial charge in [-0.15, -0.1) is 0 Å². The lowest BCUT2D eigenvalue weighted by Crippen LogP contribution is -2.18. The number of benzene rings is 1. The highest BCUT2D eigenvalue weighted by Crippen LogP contribution is 2.22. The zero-order valence-electron chi connectivity index (χ0n) is 9.65. The van der Waals surface area contributed by atoms with Crippen LogP contribution in [-0.2, 0) is 0 Å². The van der Waals surface area contributed by atoms with E-state index >= 15 is 0 Å². The first-order valence-electron chi connectivity index (χ1n) is 5.17. The fraction of sp³-hybridized carbons (Fsp3) is 0.167. The van der Waals surface area contributed by atoms with E-state index in [2.05, 4.69) is 10.3 Å². The van der Waals surface area contributed by atoms with Gasteiger partial charge >= 0.3 is 0 Å². The van der Waals surface area contributed by atoms with Gasteiger partial charge in [0.15, 0.2) is 5.11 Å². The highest BCUT2D eigenvalue weighted by Gasteiger charge is 2.07. The van der Waals surface area contributed by atoms with Gasteiger partial charge in [0.2, 0.25) is 5.89 Å². The molecule has 0 aliphatic heterocycles. The molecule has 0 spiro atoms. The number of nitrogens with zero attached hydrogens (tertiary/aromatic N) is 1. The van der Waals surface area contributed by atoms with E-state index in [0.717, 1.165) is 22.7 Å². The molecule has 88 valence electrons. The topological polar surface area (TPSA) is 64.1 Å². The quantitative estimate of drug-likeness (QED) is 0.799. The summed E-state index contributed by atoms with van der Waals surface area (Å²) in [5.41, 5.74) is 8.07. The zero-order valence-corrected chi connectivity index (χ0v) is 10.5. The van der Waals surface area contributed by atoms with Gasteiger partial charge in [-0.1, -0.05) is 0 Å². The van der Waals surface area contributed by atoms with Gasteiger partial charge in [-0.3, -0.25) is 0 Å². The van der Waals surface area contributed by atoms with E-state index in [-0.39, 0.29) is 5.11 Å². The Labute approximate surface area is 105 Å². The molecule has 1 heterocycles. The first-order chi connectivity index (χ1) is 8.06. The highest BCUT2D eigenvalue weighted by molar-refractivity contribution is 7.80. The second-order valence-electron chi connectivity index (χ2n) is 3.73. The number of thiocarbonyl (C=S) groups is 1. The van der Waals surface area contributed by atoms with Crippen LogP contribution in [-0.4, -0.2) is 10.1 Å². The van der Waals surface area contributed by atoms with E-state index in [1.807, 2.05) is 38.1 Å². The minimum absolute atomic E-state index is 0.251. The van der Waals surface area contributed by atoms with Crippen LogP contribution in [0.5, 0.6) is 0 Å². The summed E-state index contributed by atoms with van der Waals surface area (Å²) in [4.78, 5) is 4.33. The number of oxazole rings is 1. The Morgan fingerprint density at radius 1 is 1.29 bits per heavy atom. The molecule has 0 amide bonds. The fourth-order valence-corrected chi connectivity index (χ4v) is 1.55. The summed E-state index contributed by atoms with van der Waals surface area (Å²) >= 11 is 4.76. The van der Waals surface area contributed by atoms with Crippen molar-refractivity contribution in [3.63, 3.8) is 0 Å². The van der Waals surface area contributed by atoms with Crippen LogP contribution in [0.3, 0.4) is 0 Å². The van der Waals surface area contributed by atoms with Crippen molar-refractivity contribution in [3.8, 4) is 11.5 Å². The number of hydrogen-bond donors (Lipinski definition) is 2. The van der Waals surface area contributed by atoms with Crippen LogP contribution < -0.4 is 11.1 Å². The molecule has 1 aromatic heterocycles. The normalized spacial score (nSPS) is 10.2. The molecule has 5 heteroatoms. The average Bonchev–Trinajstić information content (AvgIpc) is 2.59. The van der Waals surface area contributed by atoms with E-state index in [1.54, 1.807) is 0 Å². The molecule has 17 heavy (non-hydrogen) atoms. The molecule has 0 aliphatic carbocycles. The Kier molecular flexibility index (Phi) is 3.10. The van der Waals surface area contributed by atoms with Crippen molar-refractivity contribution >= 4 is 23.0 Å². The Morgan fingerprint density at radius 2 is 1.94 bits per heavy atom. The average molecular weight is 247 g/mol. The molecule has 0 unspecified atom stereocenters. The van der Waals surface area contributed by atoms with Gasteiger partial charge in [-0.2, -0.15) is 0 Å². The van der Waals surface area contributed by atoms with Gasteiger partial charge < -0.3 is 15.5 Å². The lowest BCUT2D eigenvalue weighted by Gasteiger charge is -2.03. The van der Waals surface area contributed by atoms with Crippen molar-refractivity contribution in [2.75, 3.05) is 5.32 Å². The van der Waals surface area contributed by atoms with E-state index in [1.165, 1.54) is 0 Å². The molecular formula is C12H13N3OS. The Hall–Kier alpha value is -1.88. The smallest absolute Gasteiger partial charge is 0.226 e. The predicted molar refractivity (Wildman–Crippen MR) is 71.8 cm³/mol. The number of hydrogen-bond acceptors (Lipinski definition) is 3. The molecule has 0 bridgehead atoms.